The molecule has 1 aliphatic heterocycles. The first-order chi connectivity index (χ1) is 14.4. The van der Waals surface area contributed by atoms with Crippen molar-refractivity contribution in [3.05, 3.63) is 83.8 Å². The maximum atomic E-state index is 12.8. The topological polar surface area (TPSA) is 73.9 Å². The molecule has 6 heteroatoms. The van der Waals surface area contributed by atoms with E-state index in [1.807, 2.05) is 30.3 Å². The fourth-order valence-corrected chi connectivity index (χ4v) is 3.21. The minimum absolute atomic E-state index is 0.0670. The number of hydrogen-bond donors (Lipinski definition) is 1. The highest BCUT2D eigenvalue weighted by atomic mass is 16.5. The van der Waals surface area contributed by atoms with Crippen LogP contribution in [0.2, 0.25) is 0 Å². The fourth-order valence-electron chi connectivity index (χ4n) is 3.21. The largest absolute Gasteiger partial charge is 0.496 e. The summed E-state index contributed by atoms with van der Waals surface area (Å²) in [5, 5.41) is 3.09. The van der Waals surface area contributed by atoms with E-state index < -0.39 is 17.9 Å². The Balaban J connectivity index is 2.52. The molecule has 1 aromatic carbocycles. The molecule has 0 bridgehead atoms. The normalized spacial score (nSPS) is 14.4. The Labute approximate surface area is 177 Å². The van der Waals surface area contributed by atoms with Gasteiger partial charge in [-0.3, -0.25) is 0 Å². The number of hydrogen-bond acceptors (Lipinski definition) is 6. The van der Waals surface area contributed by atoms with Crippen molar-refractivity contribution in [2.45, 2.75) is 13.8 Å². The van der Waals surface area contributed by atoms with E-state index in [0.29, 0.717) is 28.3 Å². The fraction of sp³-hybridized carbons (Fsp3) is 0.250. The van der Waals surface area contributed by atoms with Crippen molar-refractivity contribution in [1.29, 1.82) is 0 Å². The lowest BCUT2D eigenvalue weighted by Gasteiger charge is -2.28. The van der Waals surface area contributed by atoms with Crippen LogP contribution in [0.15, 0.2) is 78.2 Å². The number of dihydropyridines is 1. The van der Waals surface area contributed by atoms with Crippen LogP contribution in [0.1, 0.15) is 19.4 Å². The van der Waals surface area contributed by atoms with Crippen LogP contribution in [-0.4, -0.2) is 32.3 Å². The zero-order valence-corrected chi connectivity index (χ0v) is 17.6. The van der Waals surface area contributed by atoms with E-state index >= 15 is 0 Å². The third-order valence-corrected chi connectivity index (χ3v) is 4.52. The van der Waals surface area contributed by atoms with Crippen molar-refractivity contribution in [3.8, 4) is 5.75 Å². The zero-order chi connectivity index (χ0) is 22.1. The number of benzene rings is 1. The predicted molar refractivity (Wildman–Crippen MR) is 116 cm³/mol. The summed E-state index contributed by atoms with van der Waals surface area (Å²) in [6.45, 7) is 10.8. The van der Waals surface area contributed by atoms with Crippen LogP contribution in [0.4, 0.5) is 0 Å². The van der Waals surface area contributed by atoms with Gasteiger partial charge in [0.25, 0.3) is 0 Å². The highest BCUT2D eigenvalue weighted by Gasteiger charge is 2.35. The summed E-state index contributed by atoms with van der Waals surface area (Å²) in [4.78, 5) is 25.6. The van der Waals surface area contributed by atoms with Gasteiger partial charge in [0.1, 0.15) is 19.0 Å². The van der Waals surface area contributed by atoms with E-state index in [1.54, 1.807) is 27.0 Å². The second-order valence-electron chi connectivity index (χ2n) is 6.56. The lowest BCUT2D eigenvalue weighted by molar-refractivity contribution is -0.139. The van der Waals surface area contributed by atoms with Crippen molar-refractivity contribution < 1.29 is 23.8 Å². The summed E-state index contributed by atoms with van der Waals surface area (Å²) in [5.74, 6) is -1.05. The molecule has 0 saturated heterocycles. The van der Waals surface area contributed by atoms with Gasteiger partial charge < -0.3 is 19.5 Å². The Kier molecular flexibility index (Phi) is 8.23. The molecule has 0 unspecified atom stereocenters. The highest BCUT2D eigenvalue weighted by Crippen LogP contribution is 2.33. The molecule has 1 N–H and O–H groups in total. The maximum Gasteiger partial charge on any atom is 0.337 e. The first kappa shape index (κ1) is 22.7. The molecule has 0 saturated carbocycles. The standard InChI is InChI=1S/C24H27NO5/c1-6-14-29-23(26)21-16(3)25-17(4)22(24(27)30-15-7-2)19(21)13-12-18-10-8-9-11-20(18)28-5/h6-13,19,25H,1-2,14-15H2,3-5H3/b13-12+. The first-order valence-electron chi connectivity index (χ1n) is 9.50. The van der Waals surface area contributed by atoms with E-state index in [-0.39, 0.29) is 13.2 Å². The Morgan fingerprint density at radius 2 is 1.53 bits per heavy atom. The number of nitrogens with one attached hydrogen (secondary N) is 1. The van der Waals surface area contributed by atoms with Gasteiger partial charge in [0.15, 0.2) is 0 Å². The van der Waals surface area contributed by atoms with Crippen molar-refractivity contribution in [2.24, 2.45) is 5.92 Å². The van der Waals surface area contributed by atoms with E-state index in [1.165, 1.54) is 12.2 Å². The molecule has 0 fully saturated rings. The number of para-hydroxylation sites is 1. The Hall–Kier alpha value is -3.54. The lowest BCUT2D eigenvalue weighted by atomic mass is 9.84. The summed E-state index contributed by atoms with van der Waals surface area (Å²) in [5.41, 5.74) is 2.69. The van der Waals surface area contributed by atoms with Gasteiger partial charge in [0.05, 0.1) is 18.3 Å². The Morgan fingerprint density at radius 1 is 1.00 bits per heavy atom. The molecular weight excluding hydrogens is 382 g/mol. The van der Waals surface area contributed by atoms with Gasteiger partial charge in [-0.05, 0) is 19.9 Å². The van der Waals surface area contributed by atoms with Crippen LogP contribution in [0, 0.1) is 5.92 Å². The van der Waals surface area contributed by atoms with Crippen LogP contribution in [-0.2, 0) is 19.1 Å². The molecule has 0 spiro atoms. The maximum absolute atomic E-state index is 12.8. The third kappa shape index (κ3) is 5.29. The average molecular weight is 409 g/mol. The average Bonchev–Trinajstić information content (AvgIpc) is 2.74. The van der Waals surface area contributed by atoms with Gasteiger partial charge >= 0.3 is 11.9 Å². The molecule has 158 valence electrons. The number of carbonyl (C=O) groups excluding carboxylic acids is 2. The van der Waals surface area contributed by atoms with Crippen LogP contribution < -0.4 is 10.1 Å². The van der Waals surface area contributed by atoms with Crippen molar-refractivity contribution >= 4 is 18.0 Å². The van der Waals surface area contributed by atoms with Gasteiger partial charge in [-0.15, -0.1) is 0 Å². The number of methoxy groups -OCH3 is 1. The first-order valence-corrected chi connectivity index (χ1v) is 9.50. The highest BCUT2D eigenvalue weighted by molar-refractivity contribution is 5.98. The monoisotopic (exact) mass is 409 g/mol. The molecule has 30 heavy (non-hydrogen) atoms. The van der Waals surface area contributed by atoms with Gasteiger partial charge in [-0.1, -0.05) is 55.7 Å². The predicted octanol–water partition coefficient (Wildman–Crippen LogP) is 3.93. The third-order valence-electron chi connectivity index (χ3n) is 4.52. The molecular formula is C24H27NO5. The molecule has 1 aromatic rings. The SMILES string of the molecule is C=CCOC(=O)C1=C(C)NC(C)=C(C(=O)OCC=C)C1/C=C/c1ccccc1OC. The van der Waals surface area contributed by atoms with Gasteiger partial charge in [-0.2, -0.15) is 0 Å². The Morgan fingerprint density at radius 3 is 2.03 bits per heavy atom. The zero-order valence-electron chi connectivity index (χ0n) is 17.6. The van der Waals surface area contributed by atoms with E-state index in [9.17, 15) is 9.59 Å². The van der Waals surface area contributed by atoms with Crippen LogP contribution in [0.25, 0.3) is 6.08 Å². The molecule has 0 aliphatic carbocycles. The van der Waals surface area contributed by atoms with Gasteiger partial charge in [0, 0.05) is 22.9 Å². The summed E-state index contributed by atoms with van der Waals surface area (Å²) < 4.78 is 15.9. The Bertz CT molecular complexity index is 877. The molecule has 0 atom stereocenters. The molecule has 2 rings (SSSR count). The van der Waals surface area contributed by atoms with Crippen molar-refractivity contribution in [2.75, 3.05) is 20.3 Å². The number of rotatable bonds is 9. The number of esters is 2. The molecule has 1 heterocycles. The summed E-state index contributed by atoms with van der Waals surface area (Å²) in [6, 6.07) is 7.47. The molecule has 1 aliphatic rings. The van der Waals surface area contributed by atoms with E-state index in [4.69, 9.17) is 14.2 Å². The smallest absolute Gasteiger partial charge is 0.337 e. The lowest BCUT2D eigenvalue weighted by Crippen LogP contribution is -2.32. The summed E-state index contributed by atoms with van der Waals surface area (Å²) >= 11 is 0. The second-order valence-corrected chi connectivity index (χ2v) is 6.56. The quantitative estimate of drug-likeness (QED) is 0.492. The van der Waals surface area contributed by atoms with Crippen LogP contribution >= 0.6 is 0 Å². The molecule has 0 amide bonds. The van der Waals surface area contributed by atoms with Crippen LogP contribution in [0.3, 0.4) is 0 Å². The summed E-state index contributed by atoms with van der Waals surface area (Å²) in [6.07, 6.45) is 6.58. The number of allylic oxidation sites excluding steroid dienone is 3. The van der Waals surface area contributed by atoms with E-state index in [0.717, 1.165) is 5.56 Å². The summed E-state index contributed by atoms with van der Waals surface area (Å²) in [7, 11) is 1.58. The molecule has 0 radical (unpaired) electrons. The number of carbonyl (C=O) groups is 2. The molecule has 0 aromatic heterocycles. The second kappa shape index (κ2) is 10.9. The van der Waals surface area contributed by atoms with E-state index in [2.05, 4.69) is 18.5 Å². The van der Waals surface area contributed by atoms with Gasteiger partial charge in [0.2, 0.25) is 0 Å². The number of ether oxygens (including phenoxy) is 3. The van der Waals surface area contributed by atoms with Crippen LogP contribution in [0.5, 0.6) is 5.75 Å². The minimum Gasteiger partial charge on any atom is -0.496 e. The van der Waals surface area contributed by atoms with Crippen molar-refractivity contribution in [1.82, 2.24) is 5.32 Å². The minimum atomic E-state index is -0.661. The van der Waals surface area contributed by atoms with Crippen molar-refractivity contribution in [3.63, 3.8) is 0 Å². The van der Waals surface area contributed by atoms with Gasteiger partial charge in [-0.25, -0.2) is 9.59 Å². The molecule has 6 nitrogen and oxygen atoms in total.